The first-order valence-electron chi connectivity index (χ1n) is 6.51. The van der Waals surface area contributed by atoms with Gasteiger partial charge in [-0.1, -0.05) is 22.0 Å². The fraction of sp³-hybridized carbons (Fsp3) is 0.267. The number of nitrogens with one attached hydrogen (secondary N) is 1. The first-order chi connectivity index (χ1) is 9.93. The lowest BCUT2D eigenvalue weighted by molar-refractivity contribution is -0.141. The van der Waals surface area contributed by atoms with E-state index in [9.17, 15) is 13.2 Å². The van der Waals surface area contributed by atoms with Crippen molar-refractivity contribution in [1.29, 1.82) is 0 Å². The van der Waals surface area contributed by atoms with Crippen LogP contribution < -0.4 is 5.32 Å². The van der Waals surface area contributed by atoms with Gasteiger partial charge < -0.3 is 5.32 Å². The van der Waals surface area contributed by atoms with Crippen molar-refractivity contribution in [2.75, 3.05) is 5.32 Å². The second-order valence-corrected chi connectivity index (χ2v) is 5.92. The van der Waals surface area contributed by atoms with Gasteiger partial charge in [0.05, 0.1) is 17.9 Å². The van der Waals surface area contributed by atoms with Crippen LogP contribution in [-0.2, 0) is 12.6 Å². The Balaban J connectivity index is 1.77. The van der Waals surface area contributed by atoms with Gasteiger partial charge in [0.25, 0.3) is 0 Å². The third kappa shape index (κ3) is 3.05. The molecular weight excluding hydrogens is 345 g/mol. The summed E-state index contributed by atoms with van der Waals surface area (Å²) in [6, 6.07) is 8.64. The monoisotopic (exact) mass is 356 g/mol. The molecule has 1 N–H and O–H groups in total. The number of pyridine rings is 1. The maximum Gasteiger partial charge on any atom is 0.433 e. The predicted molar refractivity (Wildman–Crippen MR) is 78.1 cm³/mol. The van der Waals surface area contributed by atoms with Crippen molar-refractivity contribution in [2.45, 2.75) is 25.1 Å². The standard InChI is InChI=1S/C15H12BrF3N2/c16-10-2-4-12-9(7-10)1-5-13(12)21-11-3-6-14(20-8-11)15(17,18)19/h2-4,6-8,13,21H,1,5H2. The maximum atomic E-state index is 12.5. The van der Waals surface area contributed by atoms with Crippen molar-refractivity contribution in [1.82, 2.24) is 4.98 Å². The summed E-state index contributed by atoms with van der Waals surface area (Å²) in [6.07, 6.45) is -1.28. The molecule has 0 radical (unpaired) electrons. The summed E-state index contributed by atoms with van der Waals surface area (Å²) in [7, 11) is 0. The molecule has 0 saturated carbocycles. The zero-order valence-corrected chi connectivity index (χ0v) is 12.5. The minimum absolute atomic E-state index is 0.117. The van der Waals surface area contributed by atoms with E-state index >= 15 is 0 Å². The molecular formula is C15H12BrF3N2. The van der Waals surface area contributed by atoms with Crippen LogP contribution in [0.4, 0.5) is 18.9 Å². The maximum absolute atomic E-state index is 12.5. The Morgan fingerprint density at radius 1 is 1.19 bits per heavy atom. The number of hydrogen-bond donors (Lipinski definition) is 1. The molecule has 2 aromatic rings. The van der Waals surface area contributed by atoms with E-state index in [1.54, 1.807) is 0 Å². The molecule has 1 aromatic carbocycles. The van der Waals surface area contributed by atoms with Crippen molar-refractivity contribution < 1.29 is 13.2 Å². The van der Waals surface area contributed by atoms with Gasteiger partial charge in [0.1, 0.15) is 5.69 Å². The number of nitrogens with zero attached hydrogens (tertiary/aromatic N) is 1. The van der Waals surface area contributed by atoms with Crippen LogP contribution in [0.25, 0.3) is 0 Å². The van der Waals surface area contributed by atoms with Crippen molar-refractivity contribution in [3.8, 4) is 0 Å². The molecule has 1 unspecified atom stereocenters. The normalized spacial score (nSPS) is 17.6. The lowest BCUT2D eigenvalue weighted by Crippen LogP contribution is -2.10. The zero-order valence-electron chi connectivity index (χ0n) is 10.9. The molecule has 2 nitrogen and oxygen atoms in total. The molecule has 3 rings (SSSR count). The van der Waals surface area contributed by atoms with Gasteiger partial charge in [-0.3, -0.25) is 0 Å². The number of hydrogen-bond acceptors (Lipinski definition) is 2. The summed E-state index contributed by atoms with van der Waals surface area (Å²) in [4.78, 5) is 3.47. The molecule has 6 heteroatoms. The van der Waals surface area contributed by atoms with Crippen molar-refractivity contribution in [3.63, 3.8) is 0 Å². The van der Waals surface area contributed by atoms with Crippen molar-refractivity contribution in [2.24, 2.45) is 0 Å². The van der Waals surface area contributed by atoms with Crippen LogP contribution in [0.15, 0.2) is 41.0 Å². The number of rotatable bonds is 2. The van der Waals surface area contributed by atoms with Gasteiger partial charge in [-0.25, -0.2) is 4.98 Å². The molecule has 0 aliphatic heterocycles. The number of aromatic nitrogens is 1. The first kappa shape index (κ1) is 14.4. The van der Waals surface area contributed by atoms with Crippen molar-refractivity contribution >= 4 is 21.6 Å². The Kier molecular flexibility index (Phi) is 3.65. The van der Waals surface area contributed by atoms with E-state index in [4.69, 9.17) is 0 Å². The van der Waals surface area contributed by atoms with E-state index in [-0.39, 0.29) is 6.04 Å². The minimum Gasteiger partial charge on any atom is -0.377 e. The summed E-state index contributed by atoms with van der Waals surface area (Å²) in [5.74, 6) is 0. The fourth-order valence-electron chi connectivity index (χ4n) is 2.58. The van der Waals surface area contributed by atoms with E-state index in [1.165, 1.54) is 23.4 Å². The predicted octanol–water partition coefficient (Wildman–Crippen LogP) is 4.96. The highest BCUT2D eigenvalue weighted by Crippen LogP contribution is 2.35. The SMILES string of the molecule is FC(F)(F)c1ccc(NC2CCc3cc(Br)ccc32)cn1. The third-order valence-corrected chi connectivity index (χ3v) is 4.07. The molecule has 0 fully saturated rings. The fourth-order valence-corrected chi connectivity index (χ4v) is 2.99. The van der Waals surface area contributed by atoms with Crippen LogP contribution in [-0.4, -0.2) is 4.98 Å². The van der Waals surface area contributed by atoms with Gasteiger partial charge in [0.15, 0.2) is 0 Å². The number of halogens is 4. The number of aryl methyl sites for hydroxylation is 1. The van der Waals surface area contributed by atoms with Crippen LogP contribution in [0.5, 0.6) is 0 Å². The second-order valence-electron chi connectivity index (χ2n) is 5.01. The van der Waals surface area contributed by atoms with Gasteiger partial charge >= 0.3 is 6.18 Å². The van der Waals surface area contributed by atoms with Gasteiger partial charge in [-0.05, 0) is 48.2 Å². The summed E-state index contributed by atoms with van der Waals surface area (Å²) in [6.45, 7) is 0. The molecule has 0 spiro atoms. The Bertz CT molecular complexity index is 653. The van der Waals surface area contributed by atoms with Crippen LogP contribution >= 0.6 is 15.9 Å². The summed E-state index contributed by atoms with van der Waals surface area (Å²) < 4.78 is 38.5. The number of alkyl halides is 3. The number of anilines is 1. The molecule has 110 valence electrons. The van der Waals surface area contributed by atoms with E-state index in [1.807, 2.05) is 12.1 Å². The molecule has 1 aliphatic rings. The topological polar surface area (TPSA) is 24.9 Å². The molecule has 21 heavy (non-hydrogen) atoms. The smallest absolute Gasteiger partial charge is 0.377 e. The largest absolute Gasteiger partial charge is 0.433 e. The lowest BCUT2D eigenvalue weighted by atomic mass is 10.1. The van der Waals surface area contributed by atoms with Crippen LogP contribution in [0, 0.1) is 0 Å². The van der Waals surface area contributed by atoms with E-state index in [2.05, 4.69) is 32.3 Å². The molecule has 1 atom stereocenters. The highest BCUT2D eigenvalue weighted by Gasteiger charge is 2.32. The summed E-state index contributed by atoms with van der Waals surface area (Å²) in [5, 5.41) is 3.25. The van der Waals surface area contributed by atoms with Gasteiger partial charge in [0.2, 0.25) is 0 Å². The van der Waals surface area contributed by atoms with E-state index in [0.717, 1.165) is 23.4 Å². The van der Waals surface area contributed by atoms with Crippen LogP contribution in [0.2, 0.25) is 0 Å². The summed E-state index contributed by atoms with van der Waals surface area (Å²) >= 11 is 3.44. The van der Waals surface area contributed by atoms with Crippen LogP contribution in [0.1, 0.15) is 29.3 Å². The van der Waals surface area contributed by atoms with Crippen molar-refractivity contribution in [3.05, 3.63) is 57.8 Å². The Hall–Kier alpha value is -1.56. The Morgan fingerprint density at radius 3 is 2.67 bits per heavy atom. The number of fused-ring (bicyclic) bond motifs is 1. The lowest BCUT2D eigenvalue weighted by Gasteiger charge is -2.16. The van der Waals surface area contributed by atoms with E-state index in [0.29, 0.717) is 5.69 Å². The highest BCUT2D eigenvalue weighted by atomic mass is 79.9. The molecule has 0 amide bonds. The van der Waals surface area contributed by atoms with Gasteiger partial charge in [-0.2, -0.15) is 13.2 Å². The molecule has 0 bridgehead atoms. The minimum atomic E-state index is -4.40. The molecule has 1 aromatic heterocycles. The third-order valence-electron chi connectivity index (χ3n) is 3.58. The highest BCUT2D eigenvalue weighted by molar-refractivity contribution is 9.10. The average Bonchev–Trinajstić information content (AvgIpc) is 2.80. The van der Waals surface area contributed by atoms with E-state index < -0.39 is 11.9 Å². The Labute approximate surface area is 128 Å². The molecule has 0 saturated heterocycles. The zero-order chi connectivity index (χ0) is 15.0. The van der Waals surface area contributed by atoms with Gasteiger partial charge in [0, 0.05) is 4.47 Å². The van der Waals surface area contributed by atoms with Gasteiger partial charge in [-0.15, -0.1) is 0 Å². The molecule has 1 heterocycles. The number of benzene rings is 1. The summed E-state index contributed by atoms with van der Waals surface area (Å²) in [5.41, 5.74) is 2.19. The average molecular weight is 357 g/mol. The Morgan fingerprint density at radius 2 is 2.00 bits per heavy atom. The second kappa shape index (κ2) is 5.33. The molecule has 1 aliphatic carbocycles. The first-order valence-corrected chi connectivity index (χ1v) is 7.31. The quantitative estimate of drug-likeness (QED) is 0.822. The van der Waals surface area contributed by atoms with Crippen LogP contribution in [0.3, 0.4) is 0 Å².